The largest absolute Gasteiger partial charge is 0.330 e. The molecular formula is C15H19N3O2S. The number of rotatable bonds is 6. The lowest BCUT2D eigenvalue weighted by molar-refractivity contribution is 0.601. The number of nitrogens with one attached hydrogen (secondary N) is 1. The summed E-state index contributed by atoms with van der Waals surface area (Å²) in [6, 6.07) is 8.52. The van der Waals surface area contributed by atoms with Crippen LogP contribution in [0.4, 0.5) is 5.69 Å². The molecule has 1 aromatic heterocycles. The van der Waals surface area contributed by atoms with Gasteiger partial charge in [0.1, 0.15) is 0 Å². The summed E-state index contributed by atoms with van der Waals surface area (Å²) in [6.07, 6.45) is 4.92. The summed E-state index contributed by atoms with van der Waals surface area (Å²) in [5.74, 6) is 0. The molecule has 21 heavy (non-hydrogen) atoms. The van der Waals surface area contributed by atoms with Gasteiger partial charge < -0.3 is 5.73 Å². The van der Waals surface area contributed by atoms with Gasteiger partial charge in [0.05, 0.1) is 10.6 Å². The van der Waals surface area contributed by atoms with Gasteiger partial charge in [0.2, 0.25) is 0 Å². The molecule has 0 atom stereocenters. The molecule has 0 spiro atoms. The van der Waals surface area contributed by atoms with Crippen LogP contribution in [0.5, 0.6) is 0 Å². The van der Waals surface area contributed by atoms with Crippen LogP contribution in [-0.4, -0.2) is 19.9 Å². The second-order valence-corrected chi connectivity index (χ2v) is 6.51. The Kier molecular flexibility index (Phi) is 4.93. The summed E-state index contributed by atoms with van der Waals surface area (Å²) in [7, 11) is -3.58. The number of nitrogens with two attached hydrogens (primary N) is 1. The van der Waals surface area contributed by atoms with Gasteiger partial charge in [-0.05, 0) is 55.6 Å². The zero-order valence-electron chi connectivity index (χ0n) is 11.9. The maximum Gasteiger partial charge on any atom is 0.261 e. The van der Waals surface area contributed by atoms with Crippen molar-refractivity contribution in [1.29, 1.82) is 0 Å². The van der Waals surface area contributed by atoms with E-state index in [9.17, 15) is 8.42 Å². The van der Waals surface area contributed by atoms with Crippen LogP contribution in [-0.2, 0) is 16.4 Å². The van der Waals surface area contributed by atoms with Crippen LogP contribution < -0.4 is 10.5 Å². The zero-order valence-corrected chi connectivity index (χ0v) is 12.7. The van der Waals surface area contributed by atoms with Gasteiger partial charge in [-0.15, -0.1) is 0 Å². The Bertz CT molecular complexity index is 697. The quantitative estimate of drug-likeness (QED) is 0.855. The average Bonchev–Trinajstić information content (AvgIpc) is 2.48. The third-order valence-electron chi connectivity index (χ3n) is 3.17. The van der Waals surface area contributed by atoms with Crippen LogP contribution in [0.3, 0.4) is 0 Å². The van der Waals surface area contributed by atoms with Crippen LogP contribution in [0, 0.1) is 6.92 Å². The minimum Gasteiger partial charge on any atom is -0.330 e. The molecule has 1 aromatic carbocycles. The van der Waals surface area contributed by atoms with E-state index in [1.54, 1.807) is 37.5 Å². The molecule has 0 aliphatic carbocycles. The number of anilines is 1. The Labute approximate surface area is 125 Å². The van der Waals surface area contributed by atoms with Gasteiger partial charge in [-0.1, -0.05) is 12.1 Å². The van der Waals surface area contributed by atoms with Crippen molar-refractivity contribution in [3.8, 4) is 0 Å². The van der Waals surface area contributed by atoms with Crippen molar-refractivity contribution in [2.24, 2.45) is 5.73 Å². The fourth-order valence-electron chi connectivity index (χ4n) is 1.93. The number of benzene rings is 1. The second-order valence-electron chi connectivity index (χ2n) is 4.83. The maximum atomic E-state index is 12.3. The SMILES string of the molecule is Cc1cnccc1NS(=O)(=O)c1ccc(CCCN)cc1. The van der Waals surface area contributed by atoms with Gasteiger partial charge in [-0.3, -0.25) is 9.71 Å². The van der Waals surface area contributed by atoms with Crippen molar-refractivity contribution in [3.05, 3.63) is 53.9 Å². The Morgan fingerprint density at radius 3 is 2.52 bits per heavy atom. The third-order valence-corrected chi connectivity index (χ3v) is 4.55. The molecule has 0 fully saturated rings. The Balaban J connectivity index is 2.18. The highest BCUT2D eigenvalue weighted by molar-refractivity contribution is 7.92. The first kappa shape index (κ1) is 15.5. The summed E-state index contributed by atoms with van der Waals surface area (Å²) >= 11 is 0. The van der Waals surface area contributed by atoms with E-state index in [0.29, 0.717) is 12.2 Å². The molecule has 0 unspecified atom stereocenters. The summed E-state index contributed by atoms with van der Waals surface area (Å²) in [6.45, 7) is 2.43. The summed E-state index contributed by atoms with van der Waals surface area (Å²) in [5.41, 5.74) is 7.86. The highest BCUT2D eigenvalue weighted by Gasteiger charge is 2.14. The summed E-state index contributed by atoms with van der Waals surface area (Å²) < 4.78 is 27.2. The van der Waals surface area contributed by atoms with Crippen LogP contribution in [0.2, 0.25) is 0 Å². The van der Waals surface area contributed by atoms with Gasteiger partial charge >= 0.3 is 0 Å². The molecule has 2 rings (SSSR count). The topological polar surface area (TPSA) is 85.1 Å². The molecule has 0 saturated carbocycles. The van der Waals surface area contributed by atoms with E-state index < -0.39 is 10.0 Å². The van der Waals surface area contributed by atoms with Gasteiger partial charge in [-0.25, -0.2) is 8.42 Å². The predicted octanol–water partition coefficient (Wildman–Crippen LogP) is 2.08. The number of nitrogens with zero attached hydrogens (tertiary/aromatic N) is 1. The molecule has 2 aromatic rings. The first-order chi connectivity index (χ1) is 10.0. The minimum absolute atomic E-state index is 0.246. The van der Waals surface area contributed by atoms with Crippen LogP contribution >= 0.6 is 0 Å². The lowest BCUT2D eigenvalue weighted by Crippen LogP contribution is -2.13. The van der Waals surface area contributed by atoms with Crippen molar-refractivity contribution in [2.45, 2.75) is 24.7 Å². The molecule has 5 nitrogen and oxygen atoms in total. The van der Waals surface area contributed by atoms with Gasteiger partial charge in [-0.2, -0.15) is 0 Å². The molecule has 0 radical (unpaired) electrons. The van der Waals surface area contributed by atoms with E-state index in [2.05, 4.69) is 9.71 Å². The summed E-state index contributed by atoms with van der Waals surface area (Å²) in [4.78, 5) is 4.19. The molecular weight excluding hydrogens is 286 g/mol. The molecule has 0 saturated heterocycles. The molecule has 0 amide bonds. The zero-order chi connectivity index (χ0) is 15.3. The second kappa shape index (κ2) is 6.69. The van der Waals surface area contributed by atoms with Crippen LogP contribution in [0.1, 0.15) is 17.5 Å². The third kappa shape index (κ3) is 4.03. The monoisotopic (exact) mass is 305 g/mol. The number of aryl methyl sites for hydroxylation is 2. The highest BCUT2D eigenvalue weighted by atomic mass is 32.2. The lowest BCUT2D eigenvalue weighted by Gasteiger charge is -2.10. The van der Waals surface area contributed by atoms with E-state index in [-0.39, 0.29) is 4.90 Å². The van der Waals surface area contributed by atoms with E-state index in [1.807, 2.05) is 12.1 Å². The van der Waals surface area contributed by atoms with Crippen LogP contribution in [0.15, 0.2) is 47.6 Å². The average molecular weight is 305 g/mol. The van der Waals surface area contributed by atoms with Crippen molar-refractivity contribution in [3.63, 3.8) is 0 Å². The predicted molar refractivity (Wildman–Crippen MR) is 83.6 cm³/mol. The Morgan fingerprint density at radius 2 is 1.90 bits per heavy atom. The minimum atomic E-state index is -3.58. The number of aromatic nitrogens is 1. The molecule has 112 valence electrons. The van der Waals surface area contributed by atoms with Crippen molar-refractivity contribution in [1.82, 2.24) is 4.98 Å². The van der Waals surface area contributed by atoms with Gasteiger partial charge in [0, 0.05) is 12.4 Å². The maximum absolute atomic E-state index is 12.3. The standard InChI is InChI=1S/C15H19N3O2S/c1-12-11-17-10-8-15(12)18-21(19,20)14-6-4-13(5-7-14)3-2-9-16/h4-8,10-11H,2-3,9,16H2,1H3,(H,17,18). The van der Waals surface area contributed by atoms with Gasteiger partial charge in [0.25, 0.3) is 10.0 Å². The number of sulfonamides is 1. The van der Waals surface area contributed by atoms with Crippen molar-refractivity contribution in [2.75, 3.05) is 11.3 Å². The lowest BCUT2D eigenvalue weighted by atomic mass is 10.1. The first-order valence-corrected chi connectivity index (χ1v) is 8.23. The molecule has 6 heteroatoms. The number of pyridine rings is 1. The van der Waals surface area contributed by atoms with E-state index in [0.717, 1.165) is 24.0 Å². The van der Waals surface area contributed by atoms with Crippen molar-refractivity contribution >= 4 is 15.7 Å². The molecule has 0 aliphatic heterocycles. The van der Waals surface area contributed by atoms with E-state index in [4.69, 9.17) is 5.73 Å². The molecule has 0 bridgehead atoms. The number of hydrogen-bond acceptors (Lipinski definition) is 4. The number of hydrogen-bond donors (Lipinski definition) is 2. The smallest absolute Gasteiger partial charge is 0.261 e. The van der Waals surface area contributed by atoms with E-state index >= 15 is 0 Å². The Morgan fingerprint density at radius 1 is 1.19 bits per heavy atom. The fraction of sp³-hybridized carbons (Fsp3) is 0.267. The van der Waals surface area contributed by atoms with E-state index in [1.165, 1.54) is 0 Å². The normalized spacial score (nSPS) is 11.3. The summed E-state index contributed by atoms with van der Waals surface area (Å²) in [5, 5.41) is 0. The Hall–Kier alpha value is -1.92. The molecule has 0 aliphatic rings. The van der Waals surface area contributed by atoms with Crippen LogP contribution in [0.25, 0.3) is 0 Å². The highest BCUT2D eigenvalue weighted by Crippen LogP contribution is 2.19. The van der Waals surface area contributed by atoms with Gasteiger partial charge in [0.15, 0.2) is 0 Å². The van der Waals surface area contributed by atoms with Crippen molar-refractivity contribution < 1.29 is 8.42 Å². The first-order valence-electron chi connectivity index (χ1n) is 6.75. The fourth-order valence-corrected chi connectivity index (χ4v) is 3.06. The molecule has 3 N–H and O–H groups in total. The molecule has 1 heterocycles.